The van der Waals surface area contributed by atoms with Crippen LogP contribution in [0.1, 0.15) is 26.7 Å². The van der Waals surface area contributed by atoms with E-state index in [9.17, 15) is 4.79 Å². The van der Waals surface area contributed by atoms with Gasteiger partial charge in [-0.3, -0.25) is 4.79 Å². The predicted octanol–water partition coefficient (Wildman–Crippen LogP) is 0.548. The molecule has 0 spiro atoms. The van der Waals surface area contributed by atoms with Crippen LogP contribution in [0.15, 0.2) is 0 Å². The van der Waals surface area contributed by atoms with E-state index in [4.69, 9.17) is 0 Å². The van der Waals surface area contributed by atoms with Crippen LogP contribution in [0, 0.1) is 0 Å². The van der Waals surface area contributed by atoms with E-state index in [1.807, 2.05) is 0 Å². The SMILES string of the molecule is CCCN(BOC=O)CCC. The first-order valence-corrected chi connectivity index (χ1v) is 4.12. The summed E-state index contributed by atoms with van der Waals surface area (Å²) in [7, 11) is 0.436. The van der Waals surface area contributed by atoms with Crippen molar-refractivity contribution < 1.29 is 9.45 Å². The number of nitrogens with zero attached hydrogens (tertiary/aromatic N) is 1. The van der Waals surface area contributed by atoms with Gasteiger partial charge in [0, 0.05) is 0 Å². The van der Waals surface area contributed by atoms with Gasteiger partial charge in [-0.2, -0.15) is 0 Å². The number of carbonyl (C=O) groups excluding carboxylic acids is 1. The van der Waals surface area contributed by atoms with Crippen LogP contribution in [0.3, 0.4) is 0 Å². The van der Waals surface area contributed by atoms with Crippen molar-refractivity contribution in [2.45, 2.75) is 26.7 Å². The summed E-state index contributed by atoms with van der Waals surface area (Å²) in [6, 6.07) is 0. The summed E-state index contributed by atoms with van der Waals surface area (Å²) < 4.78 is 4.65. The summed E-state index contributed by atoms with van der Waals surface area (Å²) >= 11 is 0. The van der Waals surface area contributed by atoms with Gasteiger partial charge in [-0.1, -0.05) is 13.8 Å². The molecule has 64 valence electrons. The maximum Gasteiger partial charge on any atom is 0.433 e. The fraction of sp³-hybridized carbons (Fsp3) is 0.857. The lowest BCUT2D eigenvalue weighted by Crippen LogP contribution is -2.31. The van der Waals surface area contributed by atoms with Gasteiger partial charge in [-0.05, 0) is 25.9 Å². The standard InChI is InChI=1S/C7H16BNO2/c1-3-5-9(6-4-2)8-11-7-10/h7-8H,3-6H2,1-2H3. The Morgan fingerprint density at radius 2 is 1.91 bits per heavy atom. The first-order chi connectivity index (χ1) is 5.35. The molecule has 0 aromatic heterocycles. The van der Waals surface area contributed by atoms with Crippen molar-refractivity contribution in [2.75, 3.05) is 13.1 Å². The molecule has 0 rings (SSSR count). The van der Waals surface area contributed by atoms with Crippen molar-refractivity contribution >= 4 is 14.1 Å². The second kappa shape index (κ2) is 7.60. The average Bonchev–Trinajstić information content (AvgIpc) is 2.01. The summed E-state index contributed by atoms with van der Waals surface area (Å²) in [6.07, 6.45) is 2.20. The van der Waals surface area contributed by atoms with Gasteiger partial charge in [-0.15, -0.1) is 0 Å². The third-order valence-corrected chi connectivity index (χ3v) is 1.40. The third kappa shape index (κ3) is 5.92. The van der Waals surface area contributed by atoms with Gasteiger partial charge in [0.1, 0.15) is 0 Å². The van der Waals surface area contributed by atoms with Crippen LogP contribution in [0.25, 0.3) is 0 Å². The molecule has 0 radical (unpaired) electrons. The highest BCUT2D eigenvalue weighted by Gasteiger charge is 2.04. The molecule has 3 nitrogen and oxygen atoms in total. The van der Waals surface area contributed by atoms with Gasteiger partial charge in [0.2, 0.25) is 0 Å². The number of carbonyl (C=O) groups is 1. The maximum atomic E-state index is 9.87. The number of hydrogen-bond donors (Lipinski definition) is 0. The molecule has 0 aliphatic heterocycles. The first-order valence-electron chi connectivity index (χ1n) is 4.12. The lowest BCUT2D eigenvalue weighted by Gasteiger charge is -2.17. The molecule has 0 amide bonds. The van der Waals surface area contributed by atoms with Crippen molar-refractivity contribution in [3.8, 4) is 0 Å². The van der Waals surface area contributed by atoms with Crippen molar-refractivity contribution in [1.82, 2.24) is 4.81 Å². The van der Waals surface area contributed by atoms with Gasteiger partial charge in [0.25, 0.3) is 6.47 Å². The Kier molecular flexibility index (Phi) is 7.25. The molecular formula is C7H16BNO2. The number of hydrogen-bond acceptors (Lipinski definition) is 3. The molecule has 0 saturated carbocycles. The normalized spacial score (nSPS) is 9.73. The monoisotopic (exact) mass is 157 g/mol. The molecule has 0 aromatic rings. The van der Waals surface area contributed by atoms with E-state index in [1.54, 1.807) is 0 Å². The maximum absolute atomic E-state index is 9.87. The first kappa shape index (κ1) is 10.5. The topological polar surface area (TPSA) is 29.5 Å². The van der Waals surface area contributed by atoms with E-state index in [2.05, 4.69) is 23.3 Å². The average molecular weight is 157 g/mol. The third-order valence-electron chi connectivity index (χ3n) is 1.40. The Morgan fingerprint density at radius 3 is 2.27 bits per heavy atom. The lowest BCUT2D eigenvalue weighted by molar-refractivity contribution is -0.121. The summed E-state index contributed by atoms with van der Waals surface area (Å²) in [5.41, 5.74) is 0. The molecular weight excluding hydrogens is 141 g/mol. The van der Waals surface area contributed by atoms with Crippen molar-refractivity contribution in [3.05, 3.63) is 0 Å². The van der Waals surface area contributed by atoms with Crippen LogP contribution in [0.4, 0.5) is 0 Å². The van der Waals surface area contributed by atoms with Crippen molar-refractivity contribution in [2.24, 2.45) is 0 Å². The minimum atomic E-state index is 0.436. The van der Waals surface area contributed by atoms with Gasteiger partial charge in [0.05, 0.1) is 0 Å². The Balaban J connectivity index is 3.41. The van der Waals surface area contributed by atoms with Crippen molar-refractivity contribution in [1.29, 1.82) is 0 Å². The Labute approximate surface area is 69.0 Å². The molecule has 0 aromatic carbocycles. The highest BCUT2D eigenvalue weighted by Crippen LogP contribution is 1.90. The van der Waals surface area contributed by atoms with E-state index in [0.29, 0.717) is 14.1 Å². The van der Waals surface area contributed by atoms with Crippen LogP contribution in [0.5, 0.6) is 0 Å². The molecule has 0 fully saturated rings. The largest absolute Gasteiger partial charge is 0.525 e. The van der Waals surface area contributed by atoms with Gasteiger partial charge in [0.15, 0.2) is 0 Å². The van der Waals surface area contributed by atoms with Crippen LogP contribution in [-0.4, -0.2) is 32.0 Å². The fourth-order valence-electron chi connectivity index (χ4n) is 1.01. The molecule has 0 bridgehead atoms. The van der Waals surface area contributed by atoms with E-state index in [1.165, 1.54) is 0 Å². The minimum absolute atomic E-state index is 0.436. The van der Waals surface area contributed by atoms with Gasteiger partial charge in [-0.25, -0.2) is 0 Å². The predicted molar refractivity (Wildman–Crippen MR) is 46.5 cm³/mol. The zero-order valence-electron chi connectivity index (χ0n) is 7.38. The second-order valence-electron chi connectivity index (χ2n) is 2.51. The van der Waals surface area contributed by atoms with Crippen molar-refractivity contribution in [3.63, 3.8) is 0 Å². The molecule has 0 aliphatic rings. The van der Waals surface area contributed by atoms with E-state index in [-0.39, 0.29) is 0 Å². The van der Waals surface area contributed by atoms with E-state index < -0.39 is 0 Å². The summed E-state index contributed by atoms with van der Waals surface area (Å²) in [5.74, 6) is 0. The fourth-order valence-corrected chi connectivity index (χ4v) is 1.01. The Bertz CT molecular complexity index is 94.4. The van der Waals surface area contributed by atoms with Crippen LogP contribution >= 0.6 is 0 Å². The smallest absolute Gasteiger partial charge is 0.433 e. The Hall–Kier alpha value is -0.505. The summed E-state index contributed by atoms with van der Waals surface area (Å²) in [6.45, 7) is 6.73. The highest BCUT2D eigenvalue weighted by atomic mass is 16.5. The molecule has 0 atom stereocenters. The molecule has 0 unspecified atom stereocenters. The zero-order chi connectivity index (χ0) is 8.53. The highest BCUT2D eigenvalue weighted by molar-refractivity contribution is 6.25. The summed E-state index contributed by atoms with van der Waals surface area (Å²) in [4.78, 5) is 12.0. The van der Waals surface area contributed by atoms with Gasteiger partial charge >= 0.3 is 7.62 Å². The van der Waals surface area contributed by atoms with Crippen LogP contribution in [0.2, 0.25) is 0 Å². The quantitative estimate of drug-likeness (QED) is 0.399. The lowest BCUT2D eigenvalue weighted by atomic mass is 10.1. The van der Waals surface area contributed by atoms with E-state index in [0.717, 1.165) is 25.9 Å². The second-order valence-corrected chi connectivity index (χ2v) is 2.51. The zero-order valence-corrected chi connectivity index (χ0v) is 7.38. The molecule has 0 saturated heterocycles. The van der Waals surface area contributed by atoms with E-state index >= 15 is 0 Å². The minimum Gasteiger partial charge on any atom is -0.525 e. The molecule has 0 N–H and O–H groups in total. The van der Waals surface area contributed by atoms with Crippen LogP contribution in [-0.2, 0) is 9.45 Å². The molecule has 0 aliphatic carbocycles. The summed E-state index contributed by atoms with van der Waals surface area (Å²) in [5, 5.41) is 0. The van der Waals surface area contributed by atoms with Gasteiger partial charge < -0.3 is 9.47 Å². The molecule has 4 heteroatoms. The molecule has 0 heterocycles. The molecule has 11 heavy (non-hydrogen) atoms. The Morgan fingerprint density at radius 1 is 1.36 bits per heavy atom. The number of rotatable bonds is 7. The van der Waals surface area contributed by atoms with Crippen LogP contribution < -0.4 is 0 Å².